The van der Waals surface area contributed by atoms with Crippen LogP contribution in [0.3, 0.4) is 0 Å². The number of imidazole rings is 1. The van der Waals surface area contributed by atoms with E-state index in [2.05, 4.69) is 10.3 Å². The Morgan fingerprint density at radius 2 is 2.33 bits per heavy atom. The first-order valence-corrected chi connectivity index (χ1v) is 5.90. The molecule has 0 aromatic carbocycles. The van der Waals surface area contributed by atoms with Gasteiger partial charge in [-0.05, 0) is 13.8 Å². The van der Waals surface area contributed by atoms with Crippen molar-refractivity contribution < 1.29 is 14.6 Å². The summed E-state index contributed by atoms with van der Waals surface area (Å²) in [6.45, 7) is 5.80. The predicted molar refractivity (Wildman–Crippen MR) is 67.2 cm³/mol. The number of carboxylic acids is 1. The first-order chi connectivity index (χ1) is 8.47. The highest BCUT2D eigenvalue weighted by atomic mass is 16.5. The third-order valence-electron chi connectivity index (χ3n) is 2.71. The van der Waals surface area contributed by atoms with Crippen LogP contribution in [0.25, 0.3) is 0 Å². The Morgan fingerprint density at radius 1 is 1.61 bits per heavy atom. The minimum absolute atomic E-state index is 0.406. The van der Waals surface area contributed by atoms with E-state index in [-0.39, 0.29) is 0 Å². The number of aliphatic carboxylic acids is 1. The van der Waals surface area contributed by atoms with Crippen molar-refractivity contribution in [2.24, 2.45) is 5.41 Å². The van der Waals surface area contributed by atoms with Crippen molar-refractivity contribution in [3.63, 3.8) is 0 Å². The molecule has 6 nitrogen and oxygen atoms in total. The maximum absolute atomic E-state index is 11.1. The minimum Gasteiger partial charge on any atom is -0.481 e. The van der Waals surface area contributed by atoms with Crippen molar-refractivity contribution in [3.05, 3.63) is 18.2 Å². The van der Waals surface area contributed by atoms with Crippen LogP contribution >= 0.6 is 0 Å². The smallest absolute Gasteiger partial charge is 0.310 e. The van der Waals surface area contributed by atoms with E-state index in [1.807, 2.05) is 4.57 Å². The molecule has 0 aliphatic rings. The van der Waals surface area contributed by atoms with Gasteiger partial charge in [0.1, 0.15) is 5.82 Å². The van der Waals surface area contributed by atoms with Crippen LogP contribution in [0.5, 0.6) is 0 Å². The molecule has 18 heavy (non-hydrogen) atoms. The molecule has 0 amide bonds. The van der Waals surface area contributed by atoms with E-state index < -0.39 is 11.4 Å². The summed E-state index contributed by atoms with van der Waals surface area (Å²) in [5.41, 5.74) is -0.804. The maximum atomic E-state index is 11.1. The number of nitrogens with one attached hydrogen (secondary N) is 1. The highest BCUT2D eigenvalue weighted by Crippen LogP contribution is 2.19. The molecule has 0 bridgehead atoms. The SMILES string of the molecule is COCCNCc1nccn1CC(C)(C)C(=O)O. The van der Waals surface area contributed by atoms with Gasteiger partial charge in [0.2, 0.25) is 0 Å². The summed E-state index contributed by atoms with van der Waals surface area (Å²) in [7, 11) is 1.65. The molecule has 0 saturated carbocycles. The summed E-state index contributed by atoms with van der Waals surface area (Å²) in [5.74, 6) is 0.0231. The van der Waals surface area contributed by atoms with Crippen molar-refractivity contribution in [1.29, 1.82) is 0 Å². The Kier molecular flexibility index (Phi) is 5.30. The van der Waals surface area contributed by atoms with Crippen LogP contribution in [-0.2, 0) is 22.6 Å². The van der Waals surface area contributed by atoms with Gasteiger partial charge in [0, 0.05) is 32.6 Å². The van der Waals surface area contributed by atoms with Crippen LogP contribution in [0.15, 0.2) is 12.4 Å². The van der Waals surface area contributed by atoms with Gasteiger partial charge < -0.3 is 19.7 Å². The standard InChI is InChI=1S/C12H21N3O3/c1-12(2,11(16)17)9-15-6-4-14-10(15)8-13-5-7-18-3/h4,6,13H,5,7-9H2,1-3H3,(H,16,17). The van der Waals surface area contributed by atoms with Crippen LogP contribution in [0, 0.1) is 5.41 Å². The van der Waals surface area contributed by atoms with Gasteiger partial charge >= 0.3 is 5.97 Å². The fraction of sp³-hybridized carbons (Fsp3) is 0.667. The summed E-state index contributed by atoms with van der Waals surface area (Å²) in [6, 6.07) is 0. The number of hydrogen-bond donors (Lipinski definition) is 2. The van der Waals surface area contributed by atoms with Gasteiger partial charge in [-0.25, -0.2) is 4.98 Å². The zero-order chi connectivity index (χ0) is 13.6. The zero-order valence-electron chi connectivity index (χ0n) is 11.1. The fourth-order valence-electron chi connectivity index (χ4n) is 1.52. The van der Waals surface area contributed by atoms with E-state index in [1.165, 1.54) is 0 Å². The molecule has 102 valence electrons. The van der Waals surface area contributed by atoms with Gasteiger partial charge in [-0.3, -0.25) is 4.79 Å². The average Bonchev–Trinajstić information content (AvgIpc) is 2.71. The highest BCUT2D eigenvalue weighted by Gasteiger charge is 2.28. The Bertz CT molecular complexity index is 388. The fourth-order valence-corrected chi connectivity index (χ4v) is 1.52. The molecule has 1 aromatic rings. The second-order valence-corrected chi connectivity index (χ2v) is 4.83. The second-order valence-electron chi connectivity index (χ2n) is 4.83. The van der Waals surface area contributed by atoms with E-state index >= 15 is 0 Å². The van der Waals surface area contributed by atoms with E-state index in [0.717, 1.165) is 12.4 Å². The van der Waals surface area contributed by atoms with Crippen LogP contribution in [0.4, 0.5) is 0 Å². The molecule has 0 unspecified atom stereocenters. The third kappa shape index (κ3) is 4.12. The molecule has 2 N–H and O–H groups in total. The lowest BCUT2D eigenvalue weighted by atomic mass is 9.94. The van der Waals surface area contributed by atoms with E-state index in [1.54, 1.807) is 33.4 Å². The van der Waals surface area contributed by atoms with E-state index in [0.29, 0.717) is 19.7 Å². The van der Waals surface area contributed by atoms with E-state index in [9.17, 15) is 4.79 Å². The quantitative estimate of drug-likeness (QED) is 0.670. The minimum atomic E-state index is -0.811. The number of ether oxygens (including phenoxy) is 1. The molecule has 0 atom stereocenters. The summed E-state index contributed by atoms with van der Waals surface area (Å²) in [5, 5.41) is 12.3. The van der Waals surface area contributed by atoms with Crippen molar-refractivity contribution in [2.45, 2.75) is 26.9 Å². The number of aromatic nitrogens is 2. The van der Waals surface area contributed by atoms with Crippen LogP contribution in [0.1, 0.15) is 19.7 Å². The topological polar surface area (TPSA) is 76.4 Å². The first kappa shape index (κ1) is 14.7. The molecule has 1 aromatic heterocycles. The van der Waals surface area contributed by atoms with Crippen LogP contribution < -0.4 is 5.32 Å². The lowest BCUT2D eigenvalue weighted by molar-refractivity contribution is -0.147. The Balaban J connectivity index is 2.57. The first-order valence-electron chi connectivity index (χ1n) is 5.90. The molecule has 1 rings (SSSR count). The van der Waals surface area contributed by atoms with Gasteiger partial charge in [0.25, 0.3) is 0 Å². The number of nitrogens with zero attached hydrogens (tertiary/aromatic N) is 2. The van der Waals surface area contributed by atoms with Gasteiger partial charge in [-0.1, -0.05) is 0 Å². The second kappa shape index (κ2) is 6.51. The highest BCUT2D eigenvalue weighted by molar-refractivity contribution is 5.73. The number of carboxylic acid groups (broad SMARTS) is 1. The predicted octanol–water partition coefficient (Wildman–Crippen LogP) is 0.730. The van der Waals surface area contributed by atoms with Crippen LogP contribution in [0.2, 0.25) is 0 Å². The largest absolute Gasteiger partial charge is 0.481 e. The summed E-state index contributed by atoms with van der Waals surface area (Å²) in [4.78, 5) is 15.3. The zero-order valence-corrected chi connectivity index (χ0v) is 11.1. The molecular weight excluding hydrogens is 234 g/mol. The Morgan fingerprint density at radius 3 is 2.94 bits per heavy atom. The summed E-state index contributed by atoms with van der Waals surface area (Å²) < 4.78 is 6.81. The lowest BCUT2D eigenvalue weighted by Gasteiger charge is -2.21. The molecule has 0 aliphatic carbocycles. The van der Waals surface area contributed by atoms with Gasteiger partial charge in [0.05, 0.1) is 18.6 Å². The molecule has 0 fully saturated rings. The molecule has 0 radical (unpaired) electrons. The molecule has 0 saturated heterocycles. The van der Waals surface area contributed by atoms with Crippen molar-refractivity contribution in [2.75, 3.05) is 20.3 Å². The van der Waals surface area contributed by atoms with Gasteiger partial charge in [-0.15, -0.1) is 0 Å². The Hall–Kier alpha value is -1.40. The van der Waals surface area contributed by atoms with Gasteiger partial charge in [0.15, 0.2) is 0 Å². The molecule has 0 spiro atoms. The van der Waals surface area contributed by atoms with Gasteiger partial charge in [-0.2, -0.15) is 0 Å². The number of methoxy groups -OCH3 is 1. The van der Waals surface area contributed by atoms with Crippen molar-refractivity contribution in [3.8, 4) is 0 Å². The van der Waals surface area contributed by atoms with Crippen LogP contribution in [-0.4, -0.2) is 40.9 Å². The average molecular weight is 255 g/mol. The molecule has 6 heteroatoms. The summed E-state index contributed by atoms with van der Waals surface area (Å²) in [6.07, 6.45) is 3.49. The summed E-state index contributed by atoms with van der Waals surface area (Å²) >= 11 is 0. The van der Waals surface area contributed by atoms with Crippen molar-refractivity contribution in [1.82, 2.24) is 14.9 Å². The van der Waals surface area contributed by atoms with Crippen molar-refractivity contribution >= 4 is 5.97 Å². The molecular formula is C12H21N3O3. The lowest BCUT2D eigenvalue weighted by Crippen LogP contribution is -2.30. The van der Waals surface area contributed by atoms with E-state index in [4.69, 9.17) is 9.84 Å². The normalized spacial score (nSPS) is 11.7. The number of rotatable bonds is 8. The monoisotopic (exact) mass is 255 g/mol. The number of hydrogen-bond acceptors (Lipinski definition) is 4. The maximum Gasteiger partial charge on any atom is 0.310 e. The molecule has 0 aliphatic heterocycles. The third-order valence-corrected chi connectivity index (χ3v) is 2.71. The number of carbonyl (C=O) groups is 1. The Labute approximate surface area is 107 Å². The molecule has 1 heterocycles.